The fourth-order valence-corrected chi connectivity index (χ4v) is 2.38. The third kappa shape index (κ3) is 5.67. The van der Waals surface area contributed by atoms with Gasteiger partial charge in [0.2, 0.25) is 11.7 Å². The summed E-state index contributed by atoms with van der Waals surface area (Å²) >= 11 is 0. The highest BCUT2D eigenvalue weighted by Crippen LogP contribution is 2.18. The highest BCUT2D eigenvalue weighted by molar-refractivity contribution is 6.00. The predicted octanol–water partition coefficient (Wildman–Crippen LogP) is 4.11. The Morgan fingerprint density at radius 2 is 1.46 bits per heavy atom. The molecule has 0 saturated heterocycles. The summed E-state index contributed by atoms with van der Waals surface area (Å²) < 4.78 is 10.6. The Bertz CT molecular complexity index is 825. The van der Waals surface area contributed by atoms with Gasteiger partial charge in [0, 0.05) is 17.2 Å². The number of hydrogen-bond donors (Lipinski definition) is 1. The van der Waals surface area contributed by atoms with Crippen LogP contribution in [-0.2, 0) is 9.53 Å². The lowest BCUT2D eigenvalue weighted by Crippen LogP contribution is -2.24. The standard InChI is InChI=1S/C22H25NO5/c1-5-27-22(26)17-8-12-19(13-9-17)28-15(4)20(24)16-6-10-18(11-7-16)23-21(25)14(2)3/h6-15H,5H2,1-4H3,(H,23,25)/t15-/m1/s1. The van der Waals surface area contributed by atoms with E-state index in [1.807, 2.05) is 13.8 Å². The molecule has 1 N–H and O–H groups in total. The number of ether oxygens (including phenoxy) is 2. The molecule has 0 aliphatic carbocycles. The van der Waals surface area contributed by atoms with Crippen LogP contribution in [0.5, 0.6) is 5.75 Å². The van der Waals surface area contributed by atoms with Gasteiger partial charge in [0.05, 0.1) is 12.2 Å². The van der Waals surface area contributed by atoms with Crippen molar-refractivity contribution in [3.05, 3.63) is 59.7 Å². The molecule has 0 aliphatic rings. The van der Waals surface area contributed by atoms with Crippen molar-refractivity contribution >= 4 is 23.3 Å². The van der Waals surface area contributed by atoms with Crippen LogP contribution in [0, 0.1) is 5.92 Å². The second-order valence-corrected chi connectivity index (χ2v) is 6.59. The van der Waals surface area contributed by atoms with E-state index in [4.69, 9.17) is 9.47 Å². The molecule has 6 nitrogen and oxygen atoms in total. The van der Waals surface area contributed by atoms with Crippen LogP contribution < -0.4 is 10.1 Å². The van der Waals surface area contributed by atoms with Crippen LogP contribution in [0.3, 0.4) is 0 Å². The number of nitrogens with one attached hydrogen (secondary N) is 1. The Morgan fingerprint density at radius 3 is 2.00 bits per heavy atom. The predicted molar refractivity (Wildman–Crippen MR) is 107 cm³/mol. The molecule has 0 bridgehead atoms. The summed E-state index contributed by atoms with van der Waals surface area (Å²) in [7, 11) is 0. The van der Waals surface area contributed by atoms with Crippen LogP contribution in [-0.4, -0.2) is 30.4 Å². The lowest BCUT2D eigenvalue weighted by Gasteiger charge is -2.14. The molecular formula is C22H25NO5. The van der Waals surface area contributed by atoms with E-state index in [-0.39, 0.29) is 17.6 Å². The minimum atomic E-state index is -0.704. The Balaban J connectivity index is 1.98. The average Bonchev–Trinajstić information content (AvgIpc) is 2.68. The largest absolute Gasteiger partial charge is 0.483 e. The van der Waals surface area contributed by atoms with Crippen LogP contribution in [0.1, 0.15) is 48.4 Å². The number of esters is 1. The van der Waals surface area contributed by atoms with Gasteiger partial charge >= 0.3 is 5.97 Å². The summed E-state index contributed by atoms with van der Waals surface area (Å²) in [6.45, 7) is 7.34. The van der Waals surface area contributed by atoms with E-state index in [2.05, 4.69) is 5.32 Å². The Hall–Kier alpha value is -3.15. The van der Waals surface area contributed by atoms with Crippen molar-refractivity contribution < 1.29 is 23.9 Å². The number of amides is 1. The highest BCUT2D eigenvalue weighted by Gasteiger charge is 2.17. The molecule has 0 radical (unpaired) electrons. The summed E-state index contributed by atoms with van der Waals surface area (Å²) in [5.74, 6) is -0.305. The maximum atomic E-state index is 12.6. The van der Waals surface area contributed by atoms with Gasteiger partial charge in [0.25, 0.3) is 0 Å². The highest BCUT2D eigenvalue weighted by atomic mass is 16.5. The van der Waals surface area contributed by atoms with Crippen LogP contribution in [0.25, 0.3) is 0 Å². The van der Waals surface area contributed by atoms with Crippen LogP contribution >= 0.6 is 0 Å². The molecule has 28 heavy (non-hydrogen) atoms. The van der Waals surface area contributed by atoms with E-state index >= 15 is 0 Å². The molecular weight excluding hydrogens is 358 g/mol. The number of hydrogen-bond acceptors (Lipinski definition) is 5. The number of benzene rings is 2. The van der Waals surface area contributed by atoms with E-state index in [1.165, 1.54) is 0 Å². The lowest BCUT2D eigenvalue weighted by atomic mass is 10.1. The molecule has 1 amide bonds. The molecule has 0 spiro atoms. The minimum absolute atomic E-state index is 0.0814. The first kappa shape index (κ1) is 21.2. The molecule has 0 aromatic heterocycles. The number of carbonyl (C=O) groups excluding carboxylic acids is 3. The van der Waals surface area contributed by atoms with Crippen LogP contribution in [0.4, 0.5) is 5.69 Å². The molecule has 2 aromatic carbocycles. The molecule has 2 rings (SSSR count). The van der Waals surface area contributed by atoms with Crippen LogP contribution in [0.15, 0.2) is 48.5 Å². The van der Waals surface area contributed by atoms with Gasteiger partial charge in [-0.05, 0) is 62.4 Å². The fourth-order valence-electron chi connectivity index (χ4n) is 2.38. The van der Waals surface area contributed by atoms with Crippen LogP contribution in [0.2, 0.25) is 0 Å². The molecule has 0 saturated carbocycles. The van der Waals surface area contributed by atoms with Crippen molar-refractivity contribution in [2.75, 3.05) is 11.9 Å². The van der Waals surface area contributed by atoms with Crippen molar-refractivity contribution in [1.29, 1.82) is 0 Å². The molecule has 0 aliphatic heterocycles. The summed E-state index contributed by atoms with van der Waals surface area (Å²) in [4.78, 5) is 35.9. The first-order valence-electron chi connectivity index (χ1n) is 9.20. The second-order valence-electron chi connectivity index (χ2n) is 6.59. The Labute approximate surface area is 164 Å². The first-order chi connectivity index (χ1) is 13.3. The normalized spacial score (nSPS) is 11.6. The maximum Gasteiger partial charge on any atom is 0.338 e. The van der Waals surface area contributed by atoms with Gasteiger partial charge in [0.15, 0.2) is 6.10 Å². The van der Waals surface area contributed by atoms with Gasteiger partial charge < -0.3 is 14.8 Å². The second kappa shape index (κ2) is 9.69. The number of Topliss-reactive ketones (excluding diaryl/α,β-unsaturated/α-hetero) is 1. The Morgan fingerprint density at radius 1 is 0.893 bits per heavy atom. The molecule has 0 fully saturated rings. The van der Waals surface area contributed by atoms with Gasteiger partial charge in [-0.1, -0.05) is 13.8 Å². The van der Waals surface area contributed by atoms with Crippen molar-refractivity contribution in [3.63, 3.8) is 0 Å². The van der Waals surface area contributed by atoms with E-state index in [1.54, 1.807) is 62.4 Å². The number of carbonyl (C=O) groups is 3. The molecule has 2 aromatic rings. The zero-order chi connectivity index (χ0) is 20.7. The molecule has 1 atom stereocenters. The minimum Gasteiger partial charge on any atom is -0.483 e. The maximum absolute atomic E-state index is 12.6. The third-order valence-electron chi connectivity index (χ3n) is 4.01. The Kier molecular flexibility index (Phi) is 7.32. The number of rotatable bonds is 8. The monoisotopic (exact) mass is 383 g/mol. The topological polar surface area (TPSA) is 81.7 Å². The molecule has 0 heterocycles. The average molecular weight is 383 g/mol. The SMILES string of the molecule is CCOC(=O)c1ccc(O[C@H](C)C(=O)c2ccc(NC(=O)C(C)C)cc2)cc1. The lowest BCUT2D eigenvalue weighted by molar-refractivity contribution is -0.118. The molecule has 0 unspecified atom stereocenters. The van der Waals surface area contributed by atoms with Crippen molar-refractivity contribution in [1.82, 2.24) is 0 Å². The zero-order valence-electron chi connectivity index (χ0n) is 16.5. The summed E-state index contributed by atoms with van der Waals surface area (Å²) in [6.07, 6.45) is -0.704. The van der Waals surface area contributed by atoms with Crippen molar-refractivity contribution in [3.8, 4) is 5.75 Å². The van der Waals surface area contributed by atoms with E-state index < -0.39 is 12.1 Å². The smallest absolute Gasteiger partial charge is 0.338 e. The van der Waals surface area contributed by atoms with E-state index in [9.17, 15) is 14.4 Å². The molecule has 6 heteroatoms. The zero-order valence-corrected chi connectivity index (χ0v) is 16.5. The van der Waals surface area contributed by atoms with Gasteiger partial charge in [-0.25, -0.2) is 4.79 Å². The van der Waals surface area contributed by atoms with Gasteiger partial charge in [0.1, 0.15) is 5.75 Å². The third-order valence-corrected chi connectivity index (χ3v) is 4.01. The first-order valence-corrected chi connectivity index (χ1v) is 9.20. The summed E-state index contributed by atoms with van der Waals surface area (Å²) in [6, 6.07) is 13.1. The number of anilines is 1. The van der Waals surface area contributed by atoms with E-state index in [0.29, 0.717) is 29.2 Å². The van der Waals surface area contributed by atoms with Gasteiger partial charge in [-0.2, -0.15) is 0 Å². The van der Waals surface area contributed by atoms with Gasteiger partial charge in [-0.15, -0.1) is 0 Å². The summed E-state index contributed by atoms with van der Waals surface area (Å²) in [5.41, 5.74) is 1.55. The quantitative estimate of drug-likeness (QED) is 0.548. The van der Waals surface area contributed by atoms with Gasteiger partial charge in [-0.3, -0.25) is 9.59 Å². The van der Waals surface area contributed by atoms with Crippen molar-refractivity contribution in [2.24, 2.45) is 5.92 Å². The number of ketones is 1. The van der Waals surface area contributed by atoms with Crippen molar-refractivity contribution in [2.45, 2.75) is 33.8 Å². The fraction of sp³-hybridized carbons (Fsp3) is 0.318. The molecule has 148 valence electrons. The van der Waals surface area contributed by atoms with E-state index in [0.717, 1.165) is 0 Å². The summed E-state index contributed by atoms with van der Waals surface area (Å²) in [5, 5.41) is 2.78.